The standard InChI is InChI=1S/C28H31N5O5/c1-19-16-23(10-12-31-18-21(11-14-34)29-30-31)38-28(19)24-4-2-3-5-25(24)33(26(28)35)17-20-6-8-22(9-7-20)32-13-15-37-27(32)36/h2-9,18-19,23,34H,10-17H2,1H3/t19-,23+,28+/m1/s1. The summed E-state index contributed by atoms with van der Waals surface area (Å²) in [7, 11) is 0. The first-order valence-corrected chi connectivity index (χ1v) is 13.1. The van der Waals surface area contributed by atoms with Crippen LogP contribution in [0.4, 0.5) is 16.2 Å². The molecule has 3 aliphatic heterocycles. The summed E-state index contributed by atoms with van der Waals surface area (Å²) >= 11 is 0. The van der Waals surface area contributed by atoms with E-state index >= 15 is 0 Å². The van der Waals surface area contributed by atoms with Gasteiger partial charge >= 0.3 is 6.09 Å². The lowest BCUT2D eigenvalue weighted by atomic mass is 9.83. The number of hydrogen-bond donors (Lipinski definition) is 1. The Labute approximate surface area is 220 Å². The summed E-state index contributed by atoms with van der Waals surface area (Å²) in [6.45, 7) is 4.11. The molecule has 0 saturated carbocycles. The molecule has 38 heavy (non-hydrogen) atoms. The minimum absolute atomic E-state index is 0.00963. The van der Waals surface area contributed by atoms with Crippen LogP contribution in [0.25, 0.3) is 0 Å². The van der Waals surface area contributed by atoms with Crippen LogP contribution in [0.1, 0.15) is 36.6 Å². The number of amides is 2. The third-order valence-electron chi connectivity index (χ3n) is 7.80. The monoisotopic (exact) mass is 517 g/mol. The van der Waals surface area contributed by atoms with Crippen LogP contribution in [0.5, 0.6) is 0 Å². The fourth-order valence-electron chi connectivity index (χ4n) is 5.90. The Bertz CT molecular complexity index is 1340. The van der Waals surface area contributed by atoms with E-state index in [4.69, 9.17) is 14.6 Å². The van der Waals surface area contributed by atoms with Gasteiger partial charge in [-0.05, 0) is 36.6 Å². The molecular weight excluding hydrogens is 486 g/mol. The minimum atomic E-state index is -1.01. The number of aliphatic hydroxyl groups excluding tert-OH is 1. The maximum Gasteiger partial charge on any atom is 0.414 e. The fraction of sp³-hybridized carbons (Fsp3) is 0.429. The van der Waals surface area contributed by atoms with Gasteiger partial charge in [0.2, 0.25) is 0 Å². The van der Waals surface area contributed by atoms with Gasteiger partial charge in [-0.1, -0.05) is 42.5 Å². The average molecular weight is 518 g/mol. The summed E-state index contributed by atoms with van der Waals surface area (Å²) in [6.07, 6.45) is 3.39. The number of para-hydroxylation sites is 1. The molecule has 3 aromatic rings. The average Bonchev–Trinajstić information content (AvgIpc) is 3.69. The van der Waals surface area contributed by atoms with Crippen molar-refractivity contribution in [2.24, 2.45) is 5.92 Å². The number of aromatic nitrogens is 3. The lowest BCUT2D eigenvalue weighted by Crippen LogP contribution is -2.43. The van der Waals surface area contributed by atoms with Crippen molar-refractivity contribution in [3.63, 3.8) is 0 Å². The molecule has 0 radical (unpaired) electrons. The van der Waals surface area contributed by atoms with E-state index in [1.807, 2.05) is 59.6 Å². The molecule has 198 valence electrons. The molecule has 2 amide bonds. The van der Waals surface area contributed by atoms with Crippen LogP contribution in [0, 0.1) is 5.92 Å². The van der Waals surface area contributed by atoms with Crippen LogP contribution in [-0.2, 0) is 39.4 Å². The van der Waals surface area contributed by atoms with Gasteiger partial charge in [0, 0.05) is 42.9 Å². The second-order valence-electron chi connectivity index (χ2n) is 10.2. The molecule has 1 spiro atoms. The Kier molecular flexibility index (Phi) is 6.37. The number of anilines is 2. The molecule has 0 aliphatic carbocycles. The van der Waals surface area contributed by atoms with Crippen molar-refractivity contribution < 1.29 is 24.2 Å². The lowest BCUT2D eigenvalue weighted by Gasteiger charge is -2.28. The highest BCUT2D eigenvalue weighted by Crippen LogP contribution is 2.53. The number of hydrogen-bond acceptors (Lipinski definition) is 7. The van der Waals surface area contributed by atoms with Crippen molar-refractivity contribution >= 4 is 23.4 Å². The number of aliphatic hydroxyl groups is 1. The van der Waals surface area contributed by atoms with Crippen LogP contribution in [0.2, 0.25) is 0 Å². The van der Waals surface area contributed by atoms with E-state index in [-0.39, 0.29) is 30.6 Å². The predicted molar refractivity (Wildman–Crippen MR) is 139 cm³/mol. The third kappa shape index (κ3) is 4.13. The first-order chi connectivity index (χ1) is 18.5. The largest absolute Gasteiger partial charge is 0.447 e. The van der Waals surface area contributed by atoms with Crippen molar-refractivity contribution in [1.82, 2.24) is 15.0 Å². The van der Waals surface area contributed by atoms with Gasteiger partial charge in [-0.2, -0.15) is 0 Å². The number of carbonyl (C=O) groups excluding carboxylic acids is 2. The molecule has 1 aromatic heterocycles. The van der Waals surface area contributed by atoms with Gasteiger partial charge < -0.3 is 19.5 Å². The SMILES string of the molecule is C[C@@H]1C[C@H](CCn2cc(CCO)nn2)O[C@@]12C(=O)N(Cc1ccc(N3CCOC3=O)cc1)c1ccccc12. The summed E-state index contributed by atoms with van der Waals surface area (Å²) in [5.41, 5.74) is 3.30. The van der Waals surface area contributed by atoms with Crippen LogP contribution >= 0.6 is 0 Å². The summed E-state index contributed by atoms with van der Waals surface area (Å²) in [4.78, 5) is 29.4. The maximum atomic E-state index is 14.1. The first-order valence-electron chi connectivity index (χ1n) is 13.1. The fourth-order valence-corrected chi connectivity index (χ4v) is 5.90. The van der Waals surface area contributed by atoms with Gasteiger partial charge in [-0.15, -0.1) is 5.10 Å². The molecule has 6 rings (SSSR count). The normalized spacial score (nSPS) is 24.5. The van der Waals surface area contributed by atoms with Gasteiger partial charge in [0.1, 0.15) is 6.61 Å². The van der Waals surface area contributed by atoms with Crippen molar-refractivity contribution in [2.75, 3.05) is 29.6 Å². The summed E-state index contributed by atoms with van der Waals surface area (Å²) < 4.78 is 13.5. The molecule has 2 fully saturated rings. The van der Waals surface area contributed by atoms with E-state index in [9.17, 15) is 9.59 Å². The Balaban J connectivity index is 1.19. The Morgan fingerprint density at radius 3 is 2.71 bits per heavy atom. The highest BCUT2D eigenvalue weighted by atomic mass is 16.6. The summed E-state index contributed by atoms with van der Waals surface area (Å²) in [5.74, 6) is -0.0257. The lowest BCUT2D eigenvalue weighted by molar-refractivity contribution is -0.146. The molecule has 3 aliphatic rings. The third-order valence-corrected chi connectivity index (χ3v) is 7.80. The number of ether oxygens (including phenoxy) is 2. The second kappa shape index (κ2) is 9.85. The van der Waals surface area contributed by atoms with E-state index in [2.05, 4.69) is 17.2 Å². The van der Waals surface area contributed by atoms with Crippen molar-refractivity contribution in [3.8, 4) is 0 Å². The van der Waals surface area contributed by atoms with Crippen molar-refractivity contribution in [1.29, 1.82) is 0 Å². The summed E-state index contributed by atoms with van der Waals surface area (Å²) in [6, 6.07) is 15.6. The zero-order chi connectivity index (χ0) is 26.3. The summed E-state index contributed by atoms with van der Waals surface area (Å²) in [5, 5.41) is 17.3. The number of rotatable bonds is 8. The molecule has 10 nitrogen and oxygen atoms in total. The highest BCUT2D eigenvalue weighted by Gasteiger charge is 2.59. The molecule has 10 heteroatoms. The van der Waals surface area contributed by atoms with E-state index < -0.39 is 5.60 Å². The zero-order valence-electron chi connectivity index (χ0n) is 21.3. The number of carbonyl (C=O) groups is 2. The molecule has 1 N–H and O–H groups in total. The number of nitrogens with zero attached hydrogens (tertiary/aromatic N) is 5. The van der Waals surface area contributed by atoms with Crippen molar-refractivity contribution in [2.45, 2.75) is 51.0 Å². The maximum absolute atomic E-state index is 14.1. The molecular formula is C28H31N5O5. The van der Waals surface area contributed by atoms with E-state index in [1.165, 1.54) is 0 Å². The number of cyclic esters (lactones) is 1. The molecule has 2 aromatic carbocycles. The molecule has 4 heterocycles. The number of aryl methyl sites for hydroxylation is 1. The molecule has 3 atom stereocenters. The van der Waals surface area contributed by atoms with Gasteiger partial charge in [0.05, 0.1) is 30.6 Å². The smallest absolute Gasteiger partial charge is 0.414 e. The predicted octanol–water partition coefficient (Wildman–Crippen LogP) is 3.03. The number of fused-ring (bicyclic) bond motifs is 2. The van der Waals surface area contributed by atoms with Crippen LogP contribution in [-0.4, -0.2) is 58.0 Å². The van der Waals surface area contributed by atoms with Gasteiger partial charge in [-0.3, -0.25) is 14.4 Å². The van der Waals surface area contributed by atoms with Gasteiger partial charge in [-0.25, -0.2) is 4.79 Å². The molecule has 0 unspecified atom stereocenters. The number of benzene rings is 2. The van der Waals surface area contributed by atoms with Crippen LogP contribution in [0.3, 0.4) is 0 Å². The quantitative estimate of drug-likeness (QED) is 0.489. The second-order valence-corrected chi connectivity index (χ2v) is 10.2. The Hall–Kier alpha value is -3.76. The van der Waals surface area contributed by atoms with E-state index in [0.29, 0.717) is 39.1 Å². The van der Waals surface area contributed by atoms with Crippen LogP contribution in [0.15, 0.2) is 54.7 Å². The van der Waals surface area contributed by atoms with E-state index in [1.54, 1.807) is 9.58 Å². The zero-order valence-corrected chi connectivity index (χ0v) is 21.3. The minimum Gasteiger partial charge on any atom is -0.447 e. The first kappa shape index (κ1) is 24.6. The molecule has 2 saturated heterocycles. The Morgan fingerprint density at radius 2 is 1.95 bits per heavy atom. The molecule has 0 bridgehead atoms. The highest BCUT2D eigenvalue weighted by molar-refractivity contribution is 6.07. The van der Waals surface area contributed by atoms with E-state index in [0.717, 1.165) is 34.6 Å². The topological polar surface area (TPSA) is 110 Å². The Morgan fingerprint density at radius 1 is 1.13 bits per heavy atom. The van der Waals surface area contributed by atoms with Gasteiger partial charge in [0.25, 0.3) is 5.91 Å². The van der Waals surface area contributed by atoms with Gasteiger partial charge in [0.15, 0.2) is 5.60 Å². The van der Waals surface area contributed by atoms with Crippen molar-refractivity contribution in [3.05, 3.63) is 71.5 Å². The van der Waals surface area contributed by atoms with Crippen LogP contribution < -0.4 is 9.80 Å².